The van der Waals surface area contributed by atoms with Crippen molar-refractivity contribution in [1.82, 2.24) is 4.98 Å². The van der Waals surface area contributed by atoms with Crippen LogP contribution in [0, 0.1) is 6.92 Å². The zero-order chi connectivity index (χ0) is 13.8. The molecule has 2 rings (SSSR count). The van der Waals surface area contributed by atoms with Gasteiger partial charge in [0.15, 0.2) is 0 Å². The van der Waals surface area contributed by atoms with Crippen LogP contribution in [0.4, 0.5) is 5.69 Å². The van der Waals surface area contributed by atoms with Gasteiger partial charge in [-0.3, -0.25) is 0 Å². The molecule has 0 amide bonds. The summed E-state index contributed by atoms with van der Waals surface area (Å²) in [6, 6.07) is 5.16. The summed E-state index contributed by atoms with van der Waals surface area (Å²) in [5.41, 5.74) is 7.33. The Kier molecular flexibility index (Phi) is 4.11. The number of rotatable bonds is 4. The predicted octanol–water partition coefficient (Wildman–Crippen LogP) is 2.89. The molecule has 0 radical (unpaired) electrons. The highest BCUT2D eigenvalue weighted by atomic mass is 32.2. The van der Waals surface area contributed by atoms with E-state index in [1.165, 1.54) is 11.8 Å². The maximum atomic E-state index is 11.7. The van der Waals surface area contributed by atoms with Gasteiger partial charge in [0.2, 0.25) is 0 Å². The van der Waals surface area contributed by atoms with Gasteiger partial charge < -0.3 is 14.9 Å². The van der Waals surface area contributed by atoms with Crippen molar-refractivity contribution in [2.24, 2.45) is 0 Å². The topological polar surface area (TPSA) is 78.3 Å². The van der Waals surface area contributed by atoms with Gasteiger partial charge in [0, 0.05) is 10.6 Å². The number of oxazole rings is 1. The minimum Gasteiger partial charge on any atom is -0.462 e. The number of anilines is 1. The maximum absolute atomic E-state index is 11.7. The molecule has 0 aliphatic heterocycles. The Morgan fingerprint density at radius 3 is 2.95 bits per heavy atom. The fourth-order valence-corrected chi connectivity index (χ4v) is 2.26. The number of esters is 1. The average molecular weight is 278 g/mol. The number of aryl methyl sites for hydroxylation is 1. The molecule has 0 aliphatic carbocycles. The van der Waals surface area contributed by atoms with Gasteiger partial charge in [-0.15, -0.1) is 0 Å². The first-order valence-corrected chi connectivity index (χ1v) is 6.58. The second kappa shape index (κ2) is 5.79. The molecule has 2 N–H and O–H groups in total. The summed E-state index contributed by atoms with van der Waals surface area (Å²) in [7, 11) is 0. The standard InChI is InChI=1S/C13H14N2O3S/c1-3-17-12(16)10-6-9(4-5-11(10)14)19-13-15-8(2)7-18-13/h4-7H,3,14H2,1-2H3. The monoisotopic (exact) mass is 278 g/mol. The van der Waals surface area contributed by atoms with Gasteiger partial charge in [0.05, 0.1) is 17.9 Å². The third-order valence-electron chi connectivity index (χ3n) is 2.32. The van der Waals surface area contributed by atoms with Crippen molar-refractivity contribution in [1.29, 1.82) is 0 Å². The molecule has 0 fully saturated rings. The largest absolute Gasteiger partial charge is 0.462 e. The molecule has 0 saturated heterocycles. The van der Waals surface area contributed by atoms with E-state index in [2.05, 4.69) is 4.98 Å². The highest BCUT2D eigenvalue weighted by Gasteiger charge is 2.13. The lowest BCUT2D eigenvalue weighted by Crippen LogP contribution is -2.07. The molecule has 0 spiro atoms. The minimum absolute atomic E-state index is 0.314. The summed E-state index contributed by atoms with van der Waals surface area (Å²) in [5, 5.41) is 0.525. The van der Waals surface area contributed by atoms with Crippen molar-refractivity contribution in [2.45, 2.75) is 24.0 Å². The second-order valence-corrected chi connectivity index (χ2v) is 4.85. The Bertz CT molecular complexity index is 595. The quantitative estimate of drug-likeness (QED) is 0.684. The number of carbonyl (C=O) groups excluding carboxylic acids is 1. The fourth-order valence-electron chi connectivity index (χ4n) is 1.46. The van der Waals surface area contributed by atoms with Crippen molar-refractivity contribution in [2.75, 3.05) is 12.3 Å². The maximum Gasteiger partial charge on any atom is 0.340 e. The predicted molar refractivity (Wildman–Crippen MR) is 72.2 cm³/mol. The zero-order valence-electron chi connectivity index (χ0n) is 10.7. The summed E-state index contributed by atoms with van der Waals surface area (Å²) < 4.78 is 10.2. The van der Waals surface area contributed by atoms with Crippen LogP contribution in [-0.4, -0.2) is 17.6 Å². The molecule has 19 heavy (non-hydrogen) atoms. The SMILES string of the molecule is CCOC(=O)c1cc(Sc2nc(C)co2)ccc1N. The minimum atomic E-state index is -0.425. The van der Waals surface area contributed by atoms with Crippen LogP contribution < -0.4 is 5.73 Å². The normalized spacial score (nSPS) is 10.4. The van der Waals surface area contributed by atoms with Crippen molar-refractivity contribution in [3.05, 3.63) is 35.7 Å². The first kappa shape index (κ1) is 13.5. The third-order valence-corrected chi connectivity index (χ3v) is 3.17. The first-order chi connectivity index (χ1) is 9.10. The van der Waals surface area contributed by atoms with Crippen LogP contribution in [0.2, 0.25) is 0 Å². The molecule has 0 aliphatic rings. The number of aromatic nitrogens is 1. The molecule has 6 heteroatoms. The van der Waals surface area contributed by atoms with Gasteiger partial charge in [0.1, 0.15) is 6.26 Å². The average Bonchev–Trinajstić information content (AvgIpc) is 2.77. The summed E-state index contributed by atoms with van der Waals surface area (Å²) in [6.45, 7) is 3.91. The van der Waals surface area contributed by atoms with Crippen molar-refractivity contribution < 1.29 is 13.9 Å². The molecule has 0 bridgehead atoms. The number of ether oxygens (including phenoxy) is 1. The van der Waals surface area contributed by atoms with E-state index in [4.69, 9.17) is 14.9 Å². The van der Waals surface area contributed by atoms with Crippen LogP contribution in [0.15, 0.2) is 39.0 Å². The van der Waals surface area contributed by atoms with E-state index in [0.29, 0.717) is 23.1 Å². The molecular formula is C13H14N2O3S. The number of benzene rings is 1. The van der Waals surface area contributed by atoms with Crippen LogP contribution in [0.1, 0.15) is 23.0 Å². The highest BCUT2D eigenvalue weighted by Crippen LogP contribution is 2.29. The van der Waals surface area contributed by atoms with E-state index in [0.717, 1.165) is 10.6 Å². The zero-order valence-corrected chi connectivity index (χ0v) is 11.5. The fraction of sp³-hybridized carbons (Fsp3) is 0.231. The van der Waals surface area contributed by atoms with E-state index in [1.807, 2.05) is 13.0 Å². The molecule has 5 nitrogen and oxygen atoms in total. The van der Waals surface area contributed by atoms with Gasteiger partial charge >= 0.3 is 5.97 Å². The Morgan fingerprint density at radius 1 is 1.53 bits per heavy atom. The summed E-state index contributed by atoms with van der Waals surface area (Å²) >= 11 is 1.33. The van der Waals surface area contributed by atoms with Gasteiger partial charge in [-0.25, -0.2) is 9.78 Å². The van der Waals surface area contributed by atoms with Gasteiger partial charge in [-0.1, -0.05) is 0 Å². The molecular weight excluding hydrogens is 264 g/mol. The van der Waals surface area contributed by atoms with E-state index in [1.54, 1.807) is 25.3 Å². The van der Waals surface area contributed by atoms with E-state index in [9.17, 15) is 4.79 Å². The summed E-state index contributed by atoms with van der Waals surface area (Å²) in [4.78, 5) is 16.7. The van der Waals surface area contributed by atoms with Crippen molar-refractivity contribution in [3.63, 3.8) is 0 Å². The number of hydrogen-bond acceptors (Lipinski definition) is 6. The lowest BCUT2D eigenvalue weighted by Gasteiger charge is -2.06. The molecule has 1 heterocycles. The second-order valence-electron chi connectivity index (χ2n) is 3.83. The number of nitrogen functional groups attached to an aromatic ring is 1. The van der Waals surface area contributed by atoms with Gasteiger partial charge in [-0.2, -0.15) is 0 Å². The number of nitrogens with zero attached hydrogens (tertiary/aromatic N) is 1. The van der Waals surface area contributed by atoms with Crippen LogP contribution in [-0.2, 0) is 4.74 Å². The Balaban J connectivity index is 2.23. The lowest BCUT2D eigenvalue weighted by molar-refractivity contribution is 0.0527. The molecule has 0 unspecified atom stereocenters. The Morgan fingerprint density at radius 2 is 2.32 bits per heavy atom. The lowest BCUT2D eigenvalue weighted by atomic mass is 10.2. The number of hydrogen-bond donors (Lipinski definition) is 1. The van der Waals surface area contributed by atoms with Crippen LogP contribution >= 0.6 is 11.8 Å². The Labute approximate surface area is 115 Å². The van der Waals surface area contributed by atoms with Gasteiger partial charge in [-0.05, 0) is 43.8 Å². The molecule has 1 aromatic heterocycles. The van der Waals surface area contributed by atoms with E-state index >= 15 is 0 Å². The number of nitrogens with two attached hydrogens (primary N) is 1. The van der Waals surface area contributed by atoms with Crippen LogP contribution in [0.3, 0.4) is 0 Å². The van der Waals surface area contributed by atoms with E-state index in [-0.39, 0.29) is 0 Å². The molecule has 100 valence electrons. The van der Waals surface area contributed by atoms with Crippen LogP contribution in [0.25, 0.3) is 0 Å². The molecule has 0 saturated carbocycles. The Hall–Kier alpha value is -1.95. The summed E-state index contributed by atoms with van der Waals surface area (Å²) in [5.74, 6) is -0.425. The van der Waals surface area contributed by atoms with E-state index < -0.39 is 5.97 Å². The van der Waals surface area contributed by atoms with Crippen LogP contribution in [0.5, 0.6) is 0 Å². The molecule has 0 atom stereocenters. The van der Waals surface area contributed by atoms with Crippen molar-refractivity contribution in [3.8, 4) is 0 Å². The smallest absolute Gasteiger partial charge is 0.340 e. The molecule has 1 aromatic carbocycles. The third kappa shape index (κ3) is 3.29. The molecule has 2 aromatic rings. The summed E-state index contributed by atoms with van der Waals surface area (Å²) in [6.07, 6.45) is 1.58. The van der Waals surface area contributed by atoms with Crippen molar-refractivity contribution >= 4 is 23.4 Å². The number of carbonyl (C=O) groups is 1. The highest BCUT2D eigenvalue weighted by molar-refractivity contribution is 7.99. The first-order valence-electron chi connectivity index (χ1n) is 5.76. The van der Waals surface area contributed by atoms with Gasteiger partial charge in [0.25, 0.3) is 5.22 Å².